The number of nitrogens with one attached hydrogen (secondary N) is 3. The highest BCUT2D eigenvalue weighted by molar-refractivity contribution is 9.10. The van der Waals surface area contributed by atoms with Gasteiger partial charge in [0.25, 0.3) is 0 Å². The minimum absolute atomic E-state index is 0.169. The number of aliphatic hydroxyl groups is 1. The fourth-order valence-electron chi connectivity index (χ4n) is 3.87. The number of methoxy groups -OCH3 is 1. The van der Waals surface area contributed by atoms with Crippen LogP contribution >= 0.6 is 15.9 Å². The summed E-state index contributed by atoms with van der Waals surface area (Å²) in [5.74, 6) is 0.121. The summed E-state index contributed by atoms with van der Waals surface area (Å²) in [6.07, 6.45) is 0.330. The minimum Gasteiger partial charge on any atom is -0.490 e. The van der Waals surface area contributed by atoms with E-state index in [1.807, 2.05) is 0 Å². The first-order valence-corrected chi connectivity index (χ1v) is 13.8. The van der Waals surface area contributed by atoms with Gasteiger partial charge in [0, 0.05) is 5.70 Å². The lowest BCUT2D eigenvalue weighted by molar-refractivity contribution is -0.145. The molecular formula is C28H33BrN4O9. The van der Waals surface area contributed by atoms with Crippen molar-refractivity contribution in [3.05, 3.63) is 63.3 Å². The number of carbonyl (C=O) groups excluding carboxylic acids is 3. The zero-order valence-corrected chi connectivity index (χ0v) is 25.1. The highest BCUT2D eigenvalue weighted by atomic mass is 79.9. The number of aliphatic hydroxyl groups excluding tert-OH is 1. The lowest BCUT2D eigenvalue weighted by atomic mass is 9.95. The number of halogens is 1. The lowest BCUT2D eigenvalue weighted by Gasteiger charge is -2.28. The second-order valence-electron chi connectivity index (χ2n) is 8.70. The lowest BCUT2D eigenvalue weighted by Crippen LogP contribution is -2.45. The number of esters is 2. The summed E-state index contributed by atoms with van der Waals surface area (Å²) in [4.78, 5) is 36.0. The van der Waals surface area contributed by atoms with Crippen LogP contribution in [-0.2, 0) is 19.1 Å². The molecule has 2 atom stereocenters. The largest absolute Gasteiger partial charge is 0.490 e. The van der Waals surface area contributed by atoms with E-state index < -0.39 is 30.2 Å². The third-order valence-electron chi connectivity index (χ3n) is 5.72. The van der Waals surface area contributed by atoms with Crippen LogP contribution in [0.4, 0.5) is 4.79 Å². The first-order chi connectivity index (χ1) is 20.2. The molecule has 0 spiro atoms. The van der Waals surface area contributed by atoms with E-state index in [4.69, 9.17) is 23.7 Å². The Morgan fingerprint density at radius 2 is 1.86 bits per heavy atom. The molecule has 0 saturated carbocycles. The SMILES string of the molecule is CCOC(=O)COc1ccc(/C=N\N[C@H](O)COc2ccc([C@@H]3NC(=O)NC(C)=C3C(=O)OC)cc2OCC)cc1Br. The van der Waals surface area contributed by atoms with Gasteiger partial charge in [-0.2, -0.15) is 5.10 Å². The summed E-state index contributed by atoms with van der Waals surface area (Å²) in [7, 11) is 1.27. The van der Waals surface area contributed by atoms with Crippen LogP contribution in [-0.4, -0.2) is 69.1 Å². The van der Waals surface area contributed by atoms with Gasteiger partial charge in [0.05, 0.1) is 42.6 Å². The average molecular weight is 649 g/mol. The van der Waals surface area contributed by atoms with E-state index in [2.05, 4.69) is 37.1 Å². The highest BCUT2D eigenvalue weighted by Crippen LogP contribution is 2.35. The van der Waals surface area contributed by atoms with Crippen LogP contribution in [0.3, 0.4) is 0 Å². The Bertz CT molecular complexity index is 1350. The number of rotatable bonds is 14. The van der Waals surface area contributed by atoms with Crippen molar-refractivity contribution in [1.82, 2.24) is 16.1 Å². The zero-order valence-electron chi connectivity index (χ0n) is 23.6. The molecule has 4 N–H and O–H groups in total. The topological polar surface area (TPSA) is 166 Å². The number of carbonyl (C=O) groups is 3. The van der Waals surface area contributed by atoms with Gasteiger partial charge in [-0.3, -0.25) is 5.43 Å². The summed E-state index contributed by atoms with van der Waals surface area (Å²) < 4.78 is 27.3. The molecular weight excluding hydrogens is 616 g/mol. The number of hydrazone groups is 1. The molecule has 0 radical (unpaired) electrons. The van der Waals surface area contributed by atoms with Crippen molar-refractivity contribution >= 4 is 40.1 Å². The molecule has 42 heavy (non-hydrogen) atoms. The number of benzene rings is 2. The Kier molecular flexibility index (Phi) is 12.0. The van der Waals surface area contributed by atoms with Crippen LogP contribution in [0.5, 0.6) is 17.2 Å². The molecule has 0 fully saturated rings. The van der Waals surface area contributed by atoms with Crippen LogP contribution in [0.15, 0.2) is 57.2 Å². The minimum atomic E-state index is -1.16. The van der Waals surface area contributed by atoms with Crippen molar-refractivity contribution in [3.63, 3.8) is 0 Å². The Balaban J connectivity index is 1.61. The number of urea groups is 1. The smallest absolute Gasteiger partial charge is 0.344 e. The van der Waals surface area contributed by atoms with Crippen LogP contribution in [0.1, 0.15) is 37.9 Å². The third kappa shape index (κ3) is 8.85. The van der Waals surface area contributed by atoms with Crippen molar-refractivity contribution in [2.24, 2.45) is 5.10 Å². The van der Waals surface area contributed by atoms with Gasteiger partial charge in [0.2, 0.25) is 0 Å². The van der Waals surface area contributed by atoms with E-state index in [0.717, 1.165) is 0 Å². The molecule has 0 unspecified atom stereocenters. The molecule has 1 aliphatic rings. The van der Waals surface area contributed by atoms with Gasteiger partial charge in [0.1, 0.15) is 12.4 Å². The van der Waals surface area contributed by atoms with Crippen LogP contribution in [0.25, 0.3) is 0 Å². The summed E-state index contributed by atoms with van der Waals surface area (Å²) in [5.41, 5.74) is 4.49. The van der Waals surface area contributed by atoms with E-state index in [9.17, 15) is 19.5 Å². The molecule has 2 aromatic carbocycles. The van der Waals surface area contributed by atoms with E-state index in [0.29, 0.717) is 45.2 Å². The van der Waals surface area contributed by atoms with Gasteiger partial charge in [-0.1, -0.05) is 6.07 Å². The maximum absolute atomic E-state index is 12.4. The molecule has 3 rings (SSSR count). The zero-order chi connectivity index (χ0) is 30.6. The van der Waals surface area contributed by atoms with Crippen LogP contribution < -0.4 is 30.3 Å². The summed E-state index contributed by atoms with van der Waals surface area (Å²) >= 11 is 3.39. The predicted molar refractivity (Wildman–Crippen MR) is 155 cm³/mol. The molecule has 14 heteroatoms. The molecule has 0 aromatic heterocycles. The summed E-state index contributed by atoms with van der Waals surface area (Å²) in [6.45, 7) is 5.36. The fraction of sp³-hybridized carbons (Fsp3) is 0.357. The predicted octanol–water partition coefficient (Wildman–Crippen LogP) is 2.91. The number of amides is 2. The number of ether oxygens (including phenoxy) is 5. The van der Waals surface area contributed by atoms with Gasteiger partial charge >= 0.3 is 18.0 Å². The third-order valence-corrected chi connectivity index (χ3v) is 6.34. The highest BCUT2D eigenvalue weighted by Gasteiger charge is 2.32. The number of nitrogens with zero attached hydrogens (tertiary/aromatic N) is 1. The fourth-order valence-corrected chi connectivity index (χ4v) is 4.38. The Labute approximate surface area is 251 Å². The molecule has 2 aromatic rings. The summed E-state index contributed by atoms with van der Waals surface area (Å²) in [6, 6.07) is 8.87. The molecule has 1 aliphatic heterocycles. The average Bonchev–Trinajstić information content (AvgIpc) is 2.95. The number of allylic oxidation sites excluding steroid dienone is 1. The van der Waals surface area contributed by atoms with Gasteiger partial charge < -0.3 is 39.4 Å². The maximum atomic E-state index is 12.4. The van der Waals surface area contributed by atoms with Crippen LogP contribution in [0.2, 0.25) is 0 Å². The first kappa shape index (κ1) is 32.2. The van der Waals surface area contributed by atoms with Gasteiger partial charge in [-0.25, -0.2) is 14.4 Å². The van der Waals surface area contributed by atoms with Gasteiger partial charge in [0.15, 0.2) is 24.3 Å². The Morgan fingerprint density at radius 1 is 1.10 bits per heavy atom. The van der Waals surface area contributed by atoms with Gasteiger partial charge in [-0.05, 0) is 78.2 Å². The van der Waals surface area contributed by atoms with Crippen molar-refractivity contribution in [3.8, 4) is 17.2 Å². The Hall–Kier alpha value is -4.30. The second-order valence-corrected chi connectivity index (χ2v) is 9.55. The molecule has 2 amide bonds. The van der Waals surface area contributed by atoms with E-state index >= 15 is 0 Å². The molecule has 226 valence electrons. The summed E-state index contributed by atoms with van der Waals surface area (Å²) in [5, 5.41) is 19.7. The molecule has 0 saturated heterocycles. The van der Waals surface area contributed by atoms with Crippen LogP contribution in [0, 0.1) is 0 Å². The van der Waals surface area contributed by atoms with E-state index in [1.54, 1.807) is 57.2 Å². The monoisotopic (exact) mass is 648 g/mol. The van der Waals surface area contributed by atoms with Crippen molar-refractivity contribution in [2.45, 2.75) is 33.0 Å². The molecule has 1 heterocycles. The van der Waals surface area contributed by atoms with Crippen molar-refractivity contribution in [2.75, 3.05) is 33.5 Å². The normalized spacial score (nSPS) is 15.4. The first-order valence-electron chi connectivity index (χ1n) is 13.0. The molecule has 13 nitrogen and oxygen atoms in total. The van der Waals surface area contributed by atoms with Crippen molar-refractivity contribution < 1.29 is 43.2 Å². The number of hydrogen-bond donors (Lipinski definition) is 4. The van der Waals surface area contributed by atoms with E-state index in [-0.39, 0.29) is 25.4 Å². The number of hydrogen-bond acceptors (Lipinski definition) is 11. The Morgan fingerprint density at radius 3 is 2.55 bits per heavy atom. The van der Waals surface area contributed by atoms with Gasteiger partial charge in [-0.15, -0.1) is 0 Å². The molecule has 0 aliphatic carbocycles. The second kappa shape index (κ2) is 15.6. The van der Waals surface area contributed by atoms with Crippen molar-refractivity contribution in [1.29, 1.82) is 0 Å². The van der Waals surface area contributed by atoms with E-state index in [1.165, 1.54) is 13.3 Å². The molecule has 0 bridgehead atoms. The standard InChI is InChI=1S/C28H33BrN4O9/c1-5-39-22-12-18(26-25(27(36)38-4)16(3)31-28(37)32-26)8-10-21(22)41-14-23(34)33-30-13-17-7-9-20(19(29)11-17)42-15-24(35)40-6-2/h7-13,23,26,33-34H,5-6,14-15H2,1-4H3,(H2,31,32,37)/b30-13-/t23-,26+/m1/s1. The quantitative estimate of drug-likeness (QED) is 0.104. The maximum Gasteiger partial charge on any atom is 0.344 e.